The van der Waals surface area contributed by atoms with Gasteiger partial charge in [-0.05, 0) is 30.3 Å². The number of nitrogens with zero attached hydrogens (tertiary/aromatic N) is 1. The average Bonchev–Trinajstić information content (AvgIpc) is 2.52. The van der Waals surface area contributed by atoms with Crippen LogP contribution in [0.3, 0.4) is 0 Å². The van der Waals surface area contributed by atoms with E-state index in [9.17, 15) is 12.8 Å². The van der Waals surface area contributed by atoms with Gasteiger partial charge in [0.1, 0.15) is 5.82 Å². The van der Waals surface area contributed by atoms with Crippen LogP contribution < -0.4 is 9.62 Å². The van der Waals surface area contributed by atoms with Gasteiger partial charge in [-0.2, -0.15) is 4.72 Å². The minimum atomic E-state index is -3.77. The standard InChI is InChI=1S/C17H17FN2O2S/c1-20(2)17-11-4-3-7-14(17)8-6-12-19-23(21,22)16-10-5-9-15(18)13-16/h3-5,7,9-11,13,19H,12H2,1-2H3. The zero-order chi connectivity index (χ0) is 16.9. The molecular formula is C17H17FN2O2S. The van der Waals surface area contributed by atoms with Crippen molar-refractivity contribution >= 4 is 15.7 Å². The van der Waals surface area contributed by atoms with E-state index in [1.165, 1.54) is 18.2 Å². The molecule has 0 atom stereocenters. The van der Waals surface area contributed by atoms with Crippen molar-refractivity contribution in [1.29, 1.82) is 0 Å². The quantitative estimate of drug-likeness (QED) is 0.874. The molecule has 0 saturated carbocycles. The maximum Gasteiger partial charge on any atom is 0.241 e. The van der Waals surface area contributed by atoms with E-state index in [0.29, 0.717) is 0 Å². The zero-order valence-electron chi connectivity index (χ0n) is 12.9. The highest BCUT2D eigenvalue weighted by Crippen LogP contribution is 2.16. The molecule has 0 amide bonds. The summed E-state index contributed by atoms with van der Waals surface area (Å²) in [5.41, 5.74) is 1.76. The van der Waals surface area contributed by atoms with Gasteiger partial charge >= 0.3 is 0 Å². The van der Waals surface area contributed by atoms with Crippen LogP contribution >= 0.6 is 0 Å². The molecule has 0 heterocycles. The Balaban J connectivity index is 2.09. The summed E-state index contributed by atoms with van der Waals surface area (Å²) in [5, 5.41) is 0. The van der Waals surface area contributed by atoms with Crippen LogP contribution in [0.1, 0.15) is 5.56 Å². The van der Waals surface area contributed by atoms with Crippen molar-refractivity contribution in [3.05, 3.63) is 59.9 Å². The number of hydrogen-bond acceptors (Lipinski definition) is 3. The van der Waals surface area contributed by atoms with E-state index in [-0.39, 0.29) is 11.4 Å². The molecule has 0 saturated heterocycles. The normalized spacial score (nSPS) is 10.7. The molecule has 0 unspecified atom stereocenters. The molecule has 0 spiro atoms. The molecule has 0 aliphatic carbocycles. The minimum absolute atomic E-state index is 0.0550. The highest BCUT2D eigenvalue weighted by Gasteiger charge is 2.13. The van der Waals surface area contributed by atoms with E-state index in [4.69, 9.17) is 0 Å². The number of hydrogen-bond donors (Lipinski definition) is 1. The van der Waals surface area contributed by atoms with Crippen molar-refractivity contribution in [2.24, 2.45) is 0 Å². The van der Waals surface area contributed by atoms with Crippen LogP contribution in [0.2, 0.25) is 0 Å². The number of benzene rings is 2. The molecule has 6 heteroatoms. The Hall–Kier alpha value is -2.36. The van der Waals surface area contributed by atoms with Gasteiger partial charge in [-0.3, -0.25) is 0 Å². The van der Waals surface area contributed by atoms with Crippen molar-refractivity contribution < 1.29 is 12.8 Å². The molecule has 0 radical (unpaired) electrons. The van der Waals surface area contributed by atoms with Crippen LogP contribution in [0.25, 0.3) is 0 Å². The first-order valence-corrected chi connectivity index (χ1v) is 8.39. The zero-order valence-corrected chi connectivity index (χ0v) is 13.7. The molecule has 0 aliphatic heterocycles. The lowest BCUT2D eigenvalue weighted by Gasteiger charge is -2.13. The first-order chi connectivity index (χ1) is 10.9. The Morgan fingerprint density at radius 2 is 1.87 bits per heavy atom. The second-order valence-electron chi connectivity index (χ2n) is 5.00. The van der Waals surface area contributed by atoms with Gasteiger partial charge in [0.25, 0.3) is 0 Å². The first kappa shape index (κ1) is 17.0. The topological polar surface area (TPSA) is 49.4 Å². The molecular weight excluding hydrogens is 315 g/mol. The summed E-state index contributed by atoms with van der Waals surface area (Å²) in [7, 11) is 0.0532. The molecule has 0 aromatic heterocycles. The third-order valence-electron chi connectivity index (χ3n) is 3.07. The number of halogens is 1. The molecule has 23 heavy (non-hydrogen) atoms. The van der Waals surface area contributed by atoms with Gasteiger partial charge in [0.05, 0.1) is 17.1 Å². The lowest BCUT2D eigenvalue weighted by Crippen LogP contribution is -2.24. The molecule has 2 aromatic carbocycles. The van der Waals surface area contributed by atoms with Crippen LogP contribution in [0.5, 0.6) is 0 Å². The largest absolute Gasteiger partial charge is 0.377 e. The summed E-state index contributed by atoms with van der Waals surface area (Å²) in [6.45, 7) is -0.0550. The predicted molar refractivity (Wildman–Crippen MR) is 89.2 cm³/mol. The molecule has 0 fully saturated rings. The summed E-state index contributed by atoms with van der Waals surface area (Å²) in [6.07, 6.45) is 0. The summed E-state index contributed by atoms with van der Waals surface area (Å²) >= 11 is 0. The Kier molecular flexibility index (Phi) is 5.37. The minimum Gasteiger partial charge on any atom is -0.377 e. The van der Waals surface area contributed by atoms with E-state index in [1.54, 1.807) is 0 Å². The number of anilines is 1. The van der Waals surface area contributed by atoms with Crippen LogP contribution in [-0.4, -0.2) is 29.1 Å². The van der Waals surface area contributed by atoms with Crippen LogP contribution in [0.4, 0.5) is 10.1 Å². The lowest BCUT2D eigenvalue weighted by atomic mass is 10.1. The molecule has 120 valence electrons. The Morgan fingerprint density at radius 3 is 2.57 bits per heavy atom. The van der Waals surface area contributed by atoms with E-state index in [2.05, 4.69) is 16.6 Å². The molecule has 2 aromatic rings. The summed E-state index contributed by atoms with van der Waals surface area (Å²) < 4.78 is 39.5. The number of rotatable bonds is 4. The van der Waals surface area contributed by atoms with Crippen molar-refractivity contribution in [3.8, 4) is 11.8 Å². The monoisotopic (exact) mass is 332 g/mol. The van der Waals surface area contributed by atoms with Crippen LogP contribution in [0.15, 0.2) is 53.4 Å². The van der Waals surface area contributed by atoms with Crippen LogP contribution in [-0.2, 0) is 10.0 Å². The van der Waals surface area contributed by atoms with E-state index in [1.807, 2.05) is 43.3 Å². The molecule has 1 N–H and O–H groups in total. The van der Waals surface area contributed by atoms with Crippen LogP contribution in [0, 0.1) is 17.7 Å². The van der Waals surface area contributed by atoms with Gasteiger partial charge in [0.2, 0.25) is 10.0 Å². The fourth-order valence-corrected chi connectivity index (χ4v) is 2.91. The van der Waals surface area contributed by atoms with E-state index < -0.39 is 15.8 Å². The number of nitrogens with one attached hydrogen (secondary N) is 1. The van der Waals surface area contributed by atoms with Crippen molar-refractivity contribution in [2.75, 3.05) is 25.5 Å². The SMILES string of the molecule is CN(C)c1ccccc1C#CCNS(=O)(=O)c1cccc(F)c1. The second kappa shape index (κ2) is 7.27. The fourth-order valence-electron chi connectivity index (χ4n) is 1.96. The Morgan fingerprint density at radius 1 is 1.13 bits per heavy atom. The van der Waals surface area contributed by atoms with Crippen molar-refractivity contribution in [3.63, 3.8) is 0 Å². The first-order valence-electron chi connectivity index (χ1n) is 6.90. The molecule has 4 nitrogen and oxygen atoms in total. The number of para-hydroxylation sites is 1. The van der Waals surface area contributed by atoms with Gasteiger partial charge in [-0.15, -0.1) is 0 Å². The average molecular weight is 332 g/mol. The highest BCUT2D eigenvalue weighted by molar-refractivity contribution is 7.89. The smallest absolute Gasteiger partial charge is 0.241 e. The van der Waals surface area contributed by atoms with E-state index >= 15 is 0 Å². The Bertz CT molecular complexity index is 852. The van der Waals surface area contributed by atoms with Gasteiger partial charge < -0.3 is 4.90 Å². The third kappa shape index (κ3) is 4.55. The van der Waals surface area contributed by atoms with Gasteiger partial charge in [-0.25, -0.2) is 12.8 Å². The molecule has 2 rings (SSSR count). The summed E-state index contributed by atoms with van der Waals surface area (Å²) in [6, 6.07) is 12.4. The maximum atomic E-state index is 13.1. The van der Waals surface area contributed by atoms with Crippen molar-refractivity contribution in [2.45, 2.75) is 4.90 Å². The Labute approximate surface area is 136 Å². The van der Waals surface area contributed by atoms with Gasteiger partial charge in [0.15, 0.2) is 0 Å². The number of sulfonamides is 1. The third-order valence-corrected chi connectivity index (χ3v) is 4.46. The van der Waals surface area contributed by atoms with Gasteiger partial charge in [0, 0.05) is 19.7 Å². The maximum absolute atomic E-state index is 13.1. The second-order valence-corrected chi connectivity index (χ2v) is 6.76. The lowest BCUT2D eigenvalue weighted by molar-refractivity contribution is 0.582. The summed E-state index contributed by atoms with van der Waals surface area (Å²) in [5.74, 6) is 5.12. The highest BCUT2D eigenvalue weighted by atomic mass is 32.2. The molecule has 0 bridgehead atoms. The fraction of sp³-hybridized carbons (Fsp3) is 0.176. The summed E-state index contributed by atoms with van der Waals surface area (Å²) in [4.78, 5) is 1.81. The molecule has 0 aliphatic rings. The predicted octanol–water partition coefficient (Wildman–Crippen LogP) is 2.22. The van der Waals surface area contributed by atoms with Crippen molar-refractivity contribution in [1.82, 2.24) is 4.72 Å². The van der Waals surface area contributed by atoms with Gasteiger partial charge in [-0.1, -0.05) is 30.0 Å². The van der Waals surface area contributed by atoms with E-state index in [0.717, 1.165) is 17.3 Å².